The molecule has 5 rings (SSSR count). The van der Waals surface area contributed by atoms with Crippen molar-refractivity contribution in [3.05, 3.63) is 63.8 Å². The molecule has 1 unspecified atom stereocenters. The fourth-order valence-electron chi connectivity index (χ4n) is 9.54. The Morgan fingerprint density at radius 3 is 2.54 bits per heavy atom. The van der Waals surface area contributed by atoms with E-state index in [-0.39, 0.29) is 30.1 Å². The average molecular weight is 756 g/mol. The number of rotatable bonds is 14. The van der Waals surface area contributed by atoms with E-state index < -0.39 is 87.9 Å². The van der Waals surface area contributed by atoms with Gasteiger partial charge in [-0.3, -0.25) is 14.4 Å². The maximum absolute atomic E-state index is 17.8. The molecule has 0 aromatic heterocycles. The van der Waals surface area contributed by atoms with Gasteiger partial charge in [-0.05, 0) is 80.9 Å². The van der Waals surface area contributed by atoms with Crippen LogP contribution >= 0.6 is 0 Å². The summed E-state index contributed by atoms with van der Waals surface area (Å²) in [5.41, 5.74) is -5.44. The predicted molar refractivity (Wildman–Crippen MR) is 188 cm³/mol. The zero-order valence-electron chi connectivity index (χ0n) is 31.0. The fraction of sp³-hybridized carbons (Fsp3) is 0.564. The van der Waals surface area contributed by atoms with Gasteiger partial charge in [-0.25, -0.2) is 14.0 Å². The number of methoxy groups -OCH3 is 1. The molecule has 54 heavy (non-hydrogen) atoms. The van der Waals surface area contributed by atoms with E-state index in [0.717, 1.165) is 6.08 Å². The molecule has 0 amide bonds. The normalized spacial score (nSPS) is 32.4. The number of hydrogen-bond acceptors (Lipinski definition) is 13. The third-order valence-corrected chi connectivity index (χ3v) is 12.1. The Hall–Kier alpha value is -4.92. The zero-order chi connectivity index (χ0) is 39.6. The van der Waals surface area contributed by atoms with Gasteiger partial charge in [0, 0.05) is 35.2 Å². The average Bonchev–Trinajstić information content (AvgIpc) is 3.34. The molecule has 0 spiro atoms. The first kappa shape index (κ1) is 40.3. The molecule has 0 heterocycles. The number of ketones is 2. The van der Waals surface area contributed by atoms with E-state index in [0.29, 0.717) is 43.2 Å². The molecule has 1 aromatic carbocycles. The molecule has 0 bridgehead atoms. The van der Waals surface area contributed by atoms with Crippen molar-refractivity contribution in [1.82, 2.24) is 0 Å². The second-order valence-corrected chi connectivity index (χ2v) is 15.0. The van der Waals surface area contributed by atoms with Crippen LogP contribution in [-0.4, -0.2) is 77.4 Å². The first-order valence-electron chi connectivity index (χ1n) is 18.0. The summed E-state index contributed by atoms with van der Waals surface area (Å²) in [6, 6.07) is 4.22. The number of benzene rings is 1. The standard InChI is InChI=1S/C39H46FNO13/c1-6-7-8-34(46)54-39(32(44)21-51-33(45)14-10-24-9-13-29(30(18-24)50-5)53-35(47)22-52-41(48)49)23(2)17-28-27-12-11-25-19-26(42)15-16-36(25,3)38(27,40)31(43)20-37(28,39)4/h9-10,13-16,18-19,23,27-28,31,43H,6-8,11-12,17,20-22H2,1-5H3/b14-10+/t23-,27?,28-,31-,36-,37-,38-,39-/m0/s1. The van der Waals surface area contributed by atoms with Crippen LogP contribution in [0.5, 0.6) is 11.5 Å². The molecule has 14 nitrogen and oxygen atoms in total. The number of aliphatic hydroxyl groups is 1. The molecule has 292 valence electrons. The summed E-state index contributed by atoms with van der Waals surface area (Å²) in [4.78, 5) is 79.2. The van der Waals surface area contributed by atoms with Gasteiger partial charge in [-0.1, -0.05) is 44.9 Å². The van der Waals surface area contributed by atoms with Crippen molar-refractivity contribution in [3.8, 4) is 11.5 Å². The van der Waals surface area contributed by atoms with E-state index in [1.54, 1.807) is 26.8 Å². The third kappa shape index (κ3) is 6.93. The van der Waals surface area contributed by atoms with Crippen LogP contribution in [0.4, 0.5) is 4.39 Å². The highest BCUT2D eigenvalue weighted by Crippen LogP contribution is 2.71. The first-order valence-corrected chi connectivity index (χ1v) is 18.0. The van der Waals surface area contributed by atoms with Gasteiger partial charge in [0.05, 0.1) is 13.2 Å². The quantitative estimate of drug-likeness (QED) is 0.0875. The molecular formula is C39H46FNO13. The van der Waals surface area contributed by atoms with Crippen LogP contribution in [0.15, 0.2) is 48.1 Å². The van der Waals surface area contributed by atoms with Gasteiger partial charge < -0.3 is 28.9 Å². The lowest BCUT2D eigenvalue weighted by Gasteiger charge is -2.62. The number of halogens is 1. The van der Waals surface area contributed by atoms with Crippen LogP contribution in [-0.2, 0) is 38.3 Å². The highest BCUT2D eigenvalue weighted by Gasteiger charge is 2.77. The van der Waals surface area contributed by atoms with Crippen LogP contribution in [0.1, 0.15) is 78.2 Å². The van der Waals surface area contributed by atoms with Gasteiger partial charge in [-0.15, -0.1) is 10.1 Å². The van der Waals surface area contributed by atoms with Crippen LogP contribution < -0.4 is 9.47 Å². The monoisotopic (exact) mass is 755 g/mol. The Balaban J connectivity index is 1.37. The third-order valence-electron chi connectivity index (χ3n) is 12.1. The molecular weight excluding hydrogens is 709 g/mol. The van der Waals surface area contributed by atoms with Gasteiger partial charge in [0.1, 0.15) is 0 Å². The summed E-state index contributed by atoms with van der Waals surface area (Å²) in [5.74, 6) is -5.30. The summed E-state index contributed by atoms with van der Waals surface area (Å²) in [6.07, 6.45) is 7.27. The van der Waals surface area contributed by atoms with E-state index in [1.165, 1.54) is 43.5 Å². The van der Waals surface area contributed by atoms with Crippen LogP contribution in [0.25, 0.3) is 6.08 Å². The van der Waals surface area contributed by atoms with Gasteiger partial charge >= 0.3 is 17.9 Å². The number of carbonyl (C=O) groups excluding carboxylic acids is 5. The van der Waals surface area contributed by atoms with Crippen LogP contribution in [0, 0.1) is 38.7 Å². The number of hydrogen-bond donors (Lipinski definition) is 1. The summed E-state index contributed by atoms with van der Waals surface area (Å²) < 4.78 is 39.6. The van der Waals surface area contributed by atoms with Crippen molar-refractivity contribution in [3.63, 3.8) is 0 Å². The largest absolute Gasteiger partial charge is 0.493 e. The summed E-state index contributed by atoms with van der Waals surface area (Å²) in [6.45, 7) is 5.43. The number of Topliss-reactive ketones (excluding diaryl/α,β-unsaturated/α-hetero) is 1. The highest BCUT2D eigenvalue weighted by molar-refractivity contribution is 6.01. The fourth-order valence-corrected chi connectivity index (χ4v) is 9.54. The SMILES string of the molecule is CCCCC(=O)O[C@]1(C(=O)COC(=O)/C=C/c2ccc(OC(=O)CO[N+](=O)[O-])c(OC)c2)[C@@H](C)C[C@H]2C3CCC4=CC(=O)C=C[C@]4(C)[C@@]3(F)[C@@H](O)C[C@@]21C. The number of alkyl halides is 1. The highest BCUT2D eigenvalue weighted by atomic mass is 19.1. The van der Waals surface area contributed by atoms with E-state index in [9.17, 15) is 39.2 Å². The van der Waals surface area contributed by atoms with Gasteiger partial charge in [0.2, 0.25) is 5.78 Å². The second kappa shape index (κ2) is 15.4. The van der Waals surface area contributed by atoms with Crippen molar-refractivity contribution in [2.75, 3.05) is 20.3 Å². The van der Waals surface area contributed by atoms with Crippen molar-refractivity contribution in [1.29, 1.82) is 0 Å². The van der Waals surface area contributed by atoms with Crippen molar-refractivity contribution >= 4 is 35.6 Å². The molecule has 15 heteroatoms. The molecule has 3 saturated carbocycles. The Morgan fingerprint density at radius 2 is 1.85 bits per heavy atom. The zero-order valence-corrected chi connectivity index (χ0v) is 31.0. The van der Waals surface area contributed by atoms with Crippen molar-refractivity contribution in [2.45, 2.75) is 90.0 Å². The first-order chi connectivity index (χ1) is 25.5. The van der Waals surface area contributed by atoms with Crippen molar-refractivity contribution in [2.24, 2.45) is 28.6 Å². The smallest absolute Gasteiger partial charge is 0.337 e. The van der Waals surface area contributed by atoms with E-state index in [1.807, 2.05) is 6.92 Å². The minimum absolute atomic E-state index is 0.0414. The Kier molecular flexibility index (Phi) is 11.5. The second-order valence-electron chi connectivity index (χ2n) is 15.0. The molecule has 0 radical (unpaired) electrons. The van der Waals surface area contributed by atoms with Crippen LogP contribution in [0.2, 0.25) is 0 Å². The number of aliphatic hydroxyl groups excluding tert-OH is 1. The van der Waals surface area contributed by atoms with E-state index in [2.05, 4.69) is 4.84 Å². The van der Waals surface area contributed by atoms with Crippen LogP contribution in [0.3, 0.4) is 0 Å². The van der Waals surface area contributed by atoms with Gasteiger partial charge in [-0.2, -0.15) is 0 Å². The summed E-state index contributed by atoms with van der Waals surface area (Å²) in [5, 5.41) is 21.0. The number of nitrogens with zero attached hydrogens (tertiary/aromatic N) is 1. The predicted octanol–water partition coefficient (Wildman–Crippen LogP) is 5.02. The van der Waals surface area contributed by atoms with Crippen molar-refractivity contribution < 1.29 is 62.3 Å². The molecule has 4 aliphatic carbocycles. The molecule has 1 aromatic rings. The number of ether oxygens (including phenoxy) is 4. The topological polar surface area (TPSA) is 195 Å². The van der Waals surface area contributed by atoms with Gasteiger partial charge in [0.25, 0.3) is 5.09 Å². The number of carbonyl (C=O) groups is 5. The summed E-state index contributed by atoms with van der Waals surface area (Å²) in [7, 11) is 1.30. The lowest BCUT2D eigenvalue weighted by molar-refractivity contribution is -0.754. The molecule has 4 aliphatic rings. The summed E-state index contributed by atoms with van der Waals surface area (Å²) >= 11 is 0. The Labute approximate surface area is 311 Å². The number of esters is 3. The lowest BCUT2D eigenvalue weighted by atomic mass is 9.44. The van der Waals surface area contributed by atoms with E-state index in [4.69, 9.17) is 18.9 Å². The minimum Gasteiger partial charge on any atom is -0.493 e. The Bertz CT molecular complexity index is 1810. The van der Waals surface area contributed by atoms with E-state index >= 15 is 4.39 Å². The molecule has 8 atom stereocenters. The Morgan fingerprint density at radius 1 is 1.11 bits per heavy atom. The van der Waals surface area contributed by atoms with Gasteiger partial charge in [0.15, 0.2) is 41.8 Å². The number of fused-ring (bicyclic) bond motifs is 5. The maximum Gasteiger partial charge on any atom is 0.337 e. The minimum atomic E-state index is -2.16. The number of allylic oxidation sites excluding steroid dienone is 4. The molecule has 0 aliphatic heterocycles. The number of unbranched alkanes of at least 4 members (excludes halogenated alkanes) is 1. The molecule has 3 fully saturated rings. The molecule has 1 N–H and O–H groups in total. The molecule has 0 saturated heterocycles. The lowest BCUT2D eigenvalue weighted by Crippen LogP contribution is -2.70. The maximum atomic E-state index is 17.8.